The molecular weight excluding hydrogens is 606 g/mol. The van der Waals surface area contributed by atoms with Crippen LogP contribution in [-0.2, 0) is 37.7 Å². The molecule has 3 aromatic carbocycles. The standard InChI is InChI=1S/C39H35N3O6/c1-23-12-14-26(15-13-23)40-42-36(45)31-20-30-28(17-18-29-33(30)37(46)41(35(29)44)21-24-8-4-2-5-9-24)34(32-19-16-27(22-43)48-32)39(31,38(42)47)25-10-6-3-7-11-25/h2-17,19,29-31,33-34,40,43H,18,20-22H2,1H3. The number of benzene rings is 3. The zero-order chi connectivity index (χ0) is 33.2. The number of fused-ring (bicyclic) bond motifs is 4. The molecule has 2 aliphatic heterocycles. The molecule has 0 spiro atoms. The summed E-state index contributed by atoms with van der Waals surface area (Å²) in [6.45, 7) is 1.80. The van der Waals surface area contributed by atoms with Crippen LogP contribution in [0.25, 0.3) is 0 Å². The van der Waals surface area contributed by atoms with Gasteiger partial charge >= 0.3 is 0 Å². The van der Waals surface area contributed by atoms with Gasteiger partial charge in [0.05, 0.1) is 35.9 Å². The Balaban J connectivity index is 1.28. The lowest BCUT2D eigenvalue weighted by molar-refractivity contribution is -0.142. The zero-order valence-electron chi connectivity index (χ0n) is 26.4. The summed E-state index contributed by atoms with van der Waals surface area (Å²) in [6, 6.07) is 29.6. The molecule has 9 nitrogen and oxygen atoms in total. The molecule has 2 saturated heterocycles. The summed E-state index contributed by atoms with van der Waals surface area (Å²) in [6.07, 6.45) is 2.55. The summed E-state index contributed by atoms with van der Waals surface area (Å²) in [7, 11) is 0. The largest absolute Gasteiger partial charge is 0.463 e. The molecule has 3 fully saturated rings. The smallest absolute Gasteiger partial charge is 0.260 e. The Morgan fingerprint density at radius 2 is 1.54 bits per heavy atom. The van der Waals surface area contributed by atoms with Gasteiger partial charge in [0, 0.05) is 0 Å². The van der Waals surface area contributed by atoms with Crippen LogP contribution in [0.5, 0.6) is 0 Å². The number of aliphatic hydroxyl groups is 1. The molecular formula is C39H35N3O6. The van der Waals surface area contributed by atoms with Crippen molar-refractivity contribution < 1.29 is 28.7 Å². The van der Waals surface area contributed by atoms with Crippen molar-refractivity contribution >= 4 is 29.3 Å². The lowest BCUT2D eigenvalue weighted by Gasteiger charge is -2.49. The summed E-state index contributed by atoms with van der Waals surface area (Å²) < 4.78 is 6.23. The summed E-state index contributed by atoms with van der Waals surface area (Å²) in [5.74, 6) is -3.87. The molecule has 48 heavy (non-hydrogen) atoms. The average molecular weight is 642 g/mol. The minimum Gasteiger partial charge on any atom is -0.463 e. The van der Waals surface area contributed by atoms with Crippen molar-refractivity contribution in [1.82, 2.24) is 9.91 Å². The van der Waals surface area contributed by atoms with Crippen molar-refractivity contribution in [3.05, 3.63) is 137 Å². The molecule has 8 rings (SSSR count). The summed E-state index contributed by atoms with van der Waals surface area (Å²) in [4.78, 5) is 59.2. The minimum absolute atomic E-state index is 0.179. The van der Waals surface area contributed by atoms with Crippen LogP contribution in [0.4, 0.5) is 5.69 Å². The predicted molar refractivity (Wildman–Crippen MR) is 175 cm³/mol. The van der Waals surface area contributed by atoms with Crippen molar-refractivity contribution in [2.24, 2.45) is 23.7 Å². The Hall–Kier alpha value is -5.28. The number of aryl methyl sites for hydroxylation is 1. The molecule has 2 aliphatic carbocycles. The average Bonchev–Trinajstić information content (AvgIpc) is 3.75. The first-order chi connectivity index (χ1) is 23.3. The van der Waals surface area contributed by atoms with E-state index in [1.165, 1.54) is 4.90 Å². The Morgan fingerprint density at radius 3 is 2.23 bits per heavy atom. The summed E-state index contributed by atoms with van der Waals surface area (Å²) in [5.41, 5.74) is 5.65. The van der Waals surface area contributed by atoms with Gasteiger partial charge in [-0.05, 0) is 61.1 Å². The zero-order valence-corrected chi connectivity index (χ0v) is 26.4. The maximum atomic E-state index is 15.1. The van der Waals surface area contributed by atoms with Gasteiger partial charge in [-0.15, -0.1) is 0 Å². The molecule has 2 N–H and O–H groups in total. The topological polar surface area (TPSA) is 120 Å². The van der Waals surface area contributed by atoms with Crippen molar-refractivity contribution in [2.45, 2.75) is 44.2 Å². The third-order valence-electron chi connectivity index (χ3n) is 10.8. The third-order valence-corrected chi connectivity index (χ3v) is 10.8. The van der Waals surface area contributed by atoms with Gasteiger partial charge in [-0.3, -0.25) is 29.5 Å². The van der Waals surface area contributed by atoms with Gasteiger partial charge in [0.1, 0.15) is 23.5 Å². The van der Waals surface area contributed by atoms with Crippen LogP contribution < -0.4 is 5.43 Å². The molecule has 6 unspecified atom stereocenters. The Kier molecular flexibility index (Phi) is 7.18. The Bertz CT molecular complexity index is 1950. The molecule has 4 amide bonds. The van der Waals surface area contributed by atoms with E-state index in [1.54, 1.807) is 12.1 Å². The lowest BCUT2D eigenvalue weighted by atomic mass is 9.50. The monoisotopic (exact) mass is 641 g/mol. The summed E-state index contributed by atoms with van der Waals surface area (Å²) >= 11 is 0. The van der Waals surface area contributed by atoms with E-state index in [0.29, 0.717) is 29.2 Å². The number of hydrogen-bond acceptors (Lipinski definition) is 7. The number of rotatable bonds is 7. The van der Waals surface area contributed by atoms with Gasteiger partial charge in [0.15, 0.2) is 0 Å². The van der Waals surface area contributed by atoms with Crippen LogP contribution >= 0.6 is 0 Å². The Labute approximate surface area is 277 Å². The first kappa shape index (κ1) is 30.1. The molecule has 6 atom stereocenters. The van der Waals surface area contributed by atoms with Gasteiger partial charge in [-0.2, -0.15) is 5.01 Å². The first-order valence-corrected chi connectivity index (χ1v) is 16.4. The molecule has 4 aliphatic rings. The number of aliphatic hydroxyl groups excluding tert-OH is 1. The number of nitrogens with one attached hydrogen (secondary N) is 1. The molecule has 0 radical (unpaired) electrons. The van der Waals surface area contributed by atoms with Crippen molar-refractivity contribution in [3.8, 4) is 0 Å². The number of furan rings is 1. The second-order valence-electron chi connectivity index (χ2n) is 13.3. The van der Waals surface area contributed by atoms with E-state index in [-0.39, 0.29) is 31.4 Å². The van der Waals surface area contributed by atoms with Crippen molar-refractivity contribution in [2.75, 3.05) is 5.43 Å². The minimum atomic E-state index is -1.41. The van der Waals surface area contributed by atoms with Crippen molar-refractivity contribution in [3.63, 3.8) is 0 Å². The summed E-state index contributed by atoms with van der Waals surface area (Å²) in [5, 5.41) is 11.1. The normalized spacial score (nSPS) is 27.9. The number of imide groups is 2. The van der Waals surface area contributed by atoms with E-state index in [9.17, 15) is 19.5 Å². The highest BCUT2D eigenvalue weighted by Crippen LogP contribution is 2.64. The Morgan fingerprint density at radius 1 is 0.833 bits per heavy atom. The van der Waals surface area contributed by atoms with E-state index in [1.807, 2.05) is 97.9 Å². The van der Waals surface area contributed by atoms with Crippen LogP contribution in [0, 0.1) is 30.6 Å². The number of hydrogen-bond donors (Lipinski definition) is 2. The fourth-order valence-corrected chi connectivity index (χ4v) is 8.68. The van der Waals surface area contributed by atoms with E-state index in [4.69, 9.17) is 4.42 Å². The molecule has 1 aromatic heterocycles. The number of carbonyl (C=O) groups is 4. The molecule has 1 saturated carbocycles. The second-order valence-corrected chi connectivity index (χ2v) is 13.3. The molecule has 242 valence electrons. The third kappa shape index (κ3) is 4.41. The molecule has 9 heteroatoms. The number of anilines is 1. The number of allylic oxidation sites excluding steroid dienone is 2. The maximum Gasteiger partial charge on any atom is 0.260 e. The van der Waals surface area contributed by atoms with Gasteiger partial charge in [0.25, 0.3) is 11.8 Å². The molecule has 3 heterocycles. The van der Waals surface area contributed by atoms with Gasteiger partial charge in [-0.25, -0.2) is 0 Å². The quantitative estimate of drug-likeness (QED) is 0.209. The number of hydrazine groups is 1. The lowest BCUT2D eigenvalue weighted by Crippen LogP contribution is -2.53. The van der Waals surface area contributed by atoms with Gasteiger partial charge in [0.2, 0.25) is 11.8 Å². The van der Waals surface area contributed by atoms with Crippen LogP contribution in [-0.4, -0.2) is 38.6 Å². The fraction of sp³-hybridized carbons (Fsp3) is 0.282. The van der Waals surface area contributed by atoms with Crippen LogP contribution in [0.3, 0.4) is 0 Å². The van der Waals surface area contributed by atoms with E-state index in [0.717, 1.165) is 21.7 Å². The SMILES string of the molecule is Cc1ccc(NN2C(=O)C3CC4C(=CCC5C(=O)N(Cc6ccccc6)C(=O)C54)C(c4ccc(CO)o4)C3(c3ccccc3)C2=O)cc1. The number of likely N-dealkylation sites (tertiary alicyclic amines) is 1. The predicted octanol–water partition coefficient (Wildman–Crippen LogP) is 5.27. The highest BCUT2D eigenvalue weighted by atomic mass is 16.4. The van der Waals surface area contributed by atoms with E-state index < -0.39 is 46.8 Å². The van der Waals surface area contributed by atoms with Crippen LogP contribution in [0.1, 0.15) is 47.0 Å². The van der Waals surface area contributed by atoms with Crippen LogP contribution in [0.2, 0.25) is 0 Å². The second kappa shape index (κ2) is 11.5. The van der Waals surface area contributed by atoms with Crippen LogP contribution in [0.15, 0.2) is 113 Å². The van der Waals surface area contributed by atoms with Crippen molar-refractivity contribution in [1.29, 1.82) is 0 Å². The highest BCUT2D eigenvalue weighted by molar-refractivity contribution is 6.13. The molecule has 4 aromatic rings. The highest BCUT2D eigenvalue weighted by Gasteiger charge is 2.71. The number of amides is 4. The van der Waals surface area contributed by atoms with Gasteiger partial charge < -0.3 is 9.52 Å². The van der Waals surface area contributed by atoms with Gasteiger partial charge in [-0.1, -0.05) is 90.0 Å². The maximum absolute atomic E-state index is 15.1. The first-order valence-electron chi connectivity index (χ1n) is 16.4. The molecule has 0 bridgehead atoms. The number of carbonyl (C=O) groups excluding carboxylic acids is 4. The van der Waals surface area contributed by atoms with E-state index in [2.05, 4.69) is 5.43 Å². The fourth-order valence-electron chi connectivity index (χ4n) is 8.68. The van der Waals surface area contributed by atoms with E-state index >= 15 is 4.79 Å². The number of nitrogens with zero attached hydrogens (tertiary/aromatic N) is 2.